The molecule has 8 nitrogen and oxygen atoms in total. The van der Waals surface area contributed by atoms with Crippen LogP contribution in [0.4, 0.5) is 11.5 Å². The van der Waals surface area contributed by atoms with Crippen molar-refractivity contribution in [3.63, 3.8) is 0 Å². The van der Waals surface area contributed by atoms with Crippen LogP contribution in [-0.2, 0) is 16.2 Å². The third-order valence-corrected chi connectivity index (χ3v) is 4.55. The number of hydrogen-bond acceptors (Lipinski definition) is 6. The summed E-state index contributed by atoms with van der Waals surface area (Å²) in [5.41, 5.74) is 1.63. The minimum Gasteiger partial charge on any atom is -0.485 e. The summed E-state index contributed by atoms with van der Waals surface area (Å²) in [5, 5.41) is 11.6. The lowest BCUT2D eigenvalue weighted by Crippen LogP contribution is -2.32. The van der Waals surface area contributed by atoms with Crippen molar-refractivity contribution in [2.75, 3.05) is 16.8 Å². The fourth-order valence-corrected chi connectivity index (χ4v) is 2.96. The Kier molecular flexibility index (Phi) is 8.28. The average Bonchev–Trinajstić information content (AvgIpc) is 2.84. The summed E-state index contributed by atoms with van der Waals surface area (Å²) in [6, 6.07) is 18.3. The van der Waals surface area contributed by atoms with Crippen molar-refractivity contribution in [1.82, 2.24) is 9.97 Å². The second-order valence-corrected chi connectivity index (χ2v) is 6.83. The molecule has 1 aromatic carbocycles. The molecule has 0 radical (unpaired) electrons. The van der Waals surface area contributed by atoms with Crippen molar-refractivity contribution in [3.05, 3.63) is 78.8 Å². The summed E-state index contributed by atoms with van der Waals surface area (Å²) in [5.74, 6) is 0.156. The van der Waals surface area contributed by atoms with Crippen LogP contribution < -0.4 is 15.0 Å². The number of carbonyl (C=O) groups is 2. The van der Waals surface area contributed by atoms with Gasteiger partial charge in [0.15, 0.2) is 11.6 Å². The first kappa shape index (κ1) is 22.4. The predicted octanol–water partition coefficient (Wildman–Crippen LogP) is 3.72. The van der Waals surface area contributed by atoms with Gasteiger partial charge in [0.2, 0.25) is 11.8 Å². The maximum absolute atomic E-state index is 12.7. The van der Waals surface area contributed by atoms with Gasteiger partial charge in [-0.3, -0.25) is 14.6 Å². The van der Waals surface area contributed by atoms with Crippen LogP contribution in [0.15, 0.2) is 73.2 Å². The van der Waals surface area contributed by atoms with Crippen molar-refractivity contribution in [3.8, 4) is 11.8 Å². The smallest absolute Gasteiger partial charge is 0.227 e. The quantitative estimate of drug-likeness (QED) is 0.526. The van der Waals surface area contributed by atoms with Gasteiger partial charge in [-0.25, -0.2) is 4.98 Å². The molecule has 162 valence electrons. The number of carbonyl (C=O) groups excluding carboxylic acids is 2. The van der Waals surface area contributed by atoms with Crippen LogP contribution in [-0.4, -0.2) is 28.3 Å². The second kappa shape index (κ2) is 11.8. The van der Waals surface area contributed by atoms with Crippen LogP contribution in [0.2, 0.25) is 0 Å². The molecular weight excluding hydrogens is 406 g/mol. The van der Waals surface area contributed by atoms with E-state index in [0.29, 0.717) is 23.9 Å². The van der Waals surface area contributed by atoms with Gasteiger partial charge in [0.05, 0.1) is 12.5 Å². The number of nitrogens with zero attached hydrogens (tertiary/aromatic N) is 4. The summed E-state index contributed by atoms with van der Waals surface area (Å²) in [6.07, 6.45) is 5.10. The van der Waals surface area contributed by atoms with Gasteiger partial charge in [-0.15, -0.1) is 0 Å². The number of hydrogen-bond donors (Lipinski definition) is 1. The number of aromatic nitrogens is 2. The number of ether oxygens (including phenoxy) is 1. The third kappa shape index (κ3) is 6.64. The zero-order valence-electron chi connectivity index (χ0n) is 17.5. The van der Waals surface area contributed by atoms with E-state index in [1.165, 1.54) is 4.90 Å². The van der Waals surface area contributed by atoms with Gasteiger partial charge >= 0.3 is 0 Å². The highest BCUT2D eigenvalue weighted by Gasteiger charge is 2.17. The van der Waals surface area contributed by atoms with Crippen molar-refractivity contribution < 1.29 is 14.3 Å². The van der Waals surface area contributed by atoms with Crippen molar-refractivity contribution >= 4 is 23.3 Å². The van der Waals surface area contributed by atoms with E-state index in [1.807, 2.05) is 30.3 Å². The lowest BCUT2D eigenvalue weighted by molar-refractivity contribution is -0.122. The molecule has 32 heavy (non-hydrogen) atoms. The maximum atomic E-state index is 12.7. The van der Waals surface area contributed by atoms with E-state index in [1.54, 1.807) is 42.9 Å². The van der Waals surface area contributed by atoms with E-state index < -0.39 is 0 Å². The maximum Gasteiger partial charge on any atom is 0.227 e. The molecule has 0 aliphatic rings. The van der Waals surface area contributed by atoms with E-state index in [4.69, 9.17) is 10.00 Å². The highest BCUT2D eigenvalue weighted by molar-refractivity contribution is 5.98. The first-order chi connectivity index (χ1) is 15.7. The summed E-state index contributed by atoms with van der Waals surface area (Å²) in [6.45, 7) is 0.578. The van der Waals surface area contributed by atoms with Gasteiger partial charge < -0.3 is 15.0 Å². The lowest BCUT2D eigenvalue weighted by Gasteiger charge is -2.21. The Hall–Kier alpha value is -4.25. The minimum absolute atomic E-state index is 0.00615. The first-order valence-corrected chi connectivity index (χ1v) is 10.2. The zero-order valence-corrected chi connectivity index (χ0v) is 17.5. The molecule has 0 saturated carbocycles. The number of para-hydroxylation sites is 1. The van der Waals surface area contributed by atoms with Crippen molar-refractivity contribution in [1.29, 1.82) is 5.26 Å². The average molecular weight is 429 g/mol. The number of benzene rings is 1. The second-order valence-electron chi connectivity index (χ2n) is 6.83. The molecule has 0 atom stereocenters. The summed E-state index contributed by atoms with van der Waals surface area (Å²) >= 11 is 0. The third-order valence-electron chi connectivity index (χ3n) is 4.55. The Morgan fingerprint density at radius 2 is 1.78 bits per heavy atom. The summed E-state index contributed by atoms with van der Waals surface area (Å²) < 4.78 is 5.78. The number of nitriles is 1. The minimum atomic E-state index is -0.348. The number of rotatable bonds is 10. The van der Waals surface area contributed by atoms with Crippen LogP contribution in [0.25, 0.3) is 0 Å². The van der Waals surface area contributed by atoms with Gasteiger partial charge in [-0.1, -0.05) is 18.2 Å². The molecule has 3 rings (SSSR count). The van der Waals surface area contributed by atoms with Crippen molar-refractivity contribution in [2.24, 2.45) is 0 Å². The molecule has 2 heterocycles. The number of anilines is 2. The number of nitrogens with one attached hydrogen (secondary N) is 1. The molecule has 0 fully saturated rings. The van der Waals surface area contributed by atoms with Crippen LogP contribution in [0.5, 0.6) is 5.75 Å². The van der Waals surface area contributed by atoms with Gasteiger partial charge in [-0.2, -0.15) is 5.26 Å². The van der Waals surface area contributed by atoms with E-state index >= 15 is 0 Å². The van der Waals surface area contributed by atoms with E-state index in [-0.39, 0.29) is 37.6 Å². The molecule has 0 bridgehead atoms. The topological polar surface area (TPSA) is 108 Å². The molecule has 0 aliphatic carbocycles. The Morgan fingerprint density at radius 1 is 1.00 bits per heavy atom. The summed E-state index contributed by atoms with van der Waals surface area (Å²) in [7, 11) is 0. The molecule has 0 spiro atoms. The zero-order chi connectivity index (χ0) is 22.6. The predicted molar refractivity (Wildman–Crippen MR) is 120 cm³/mol. The normalized spacial score (nSPS) is 10.1. The van der Waals surface area contributed by atoms with Gasteiger partial charge in [0.25, 0.3) is 0 Å². The standard InChI is InChI=1S/C24H23N5O3/c25-13-5-17-29(20-6-2-1-3-7-20)23(31)10-9-22(30)28-24-21(8-4-14-27-24)32-18-19-11-15-26-16-12-19/h1-4,6-8,11-12,14-16H,5,9-10,17-18H2,(H,27,28,30). The lowest BCUT2D eigenvalue weighted by atomic mass is 10.2. The Morgan fingerprint density at radius 3 is 2.53 bits per heavy atom. The van der Waals surface area contributed by atoms with Gasteiger partial charge in [-0.05, 0) is 42.0 Å². The largest absolute Gasteiger partial charge is 0.485 e. The van der Waals surface area contributed by atoms with Crippen LogP contribution in [0.1, 0.15) is 24.8 Å². The molecule has 2 aromatic heterocycles. The number of pyridine rings is 2. The van der Waals surface area contributed by atoms with E-state index in [9.17, 15) is 9.59 Å². The first-order valence-electron chi connectivity index (χ1n) is 10.2. The van der Waals surface area contributed by atoms with Crippen LogP contribution in [0.3, 0.4) is 0 Å². The number of amides is 2. The molecule has 1 N–H and O–H groups in total. The Balaban J connectivity index is 1.57. The SMILES string of the molecule is N#CCCN(C(=O)CCC(=O)Nc1ncccc1OCc1ccncc1)c1ccccc1. The van der Waals surface area contributed by atoms with Crippen LogP contribution in [0, 0.1) is 11.3 Å². The molecular formula is C24H23N5O3. The fraction of sp³-hybridized carbons (Fsp3) is 0.208. The Bertz CT molecular complexity index is 1070. The molecule has 0 aliphatic heterocycles. The van der Waals surface area contributed by atoms with Crippen molar-refractivity contribution in [2.45, 2.75) is 25.9 Å². The molecule has 0 unspecified atom stereocenters. The van der Waals surface area contributed by atoms with Gasteiger partial charge in [0, 0.05) is 43.7 Å². The molecule has 8 heteroatoms. The Labute approximate surface area is 186 Å². The molecule has 0 saturated heterocycles. The van der Waals surface area contributed by atoms with Gasteiger partial charge in [0.1, 0.15) is 6.61 Å². The fourth-order valence-electron chi connectivity index (χ4n) is 2.96. The highest BCUT2D eigenvalue weighted by atomic mass is 16.5. The molecule has 2 amide bonds. The van der Waals surface area contributed by atoms with Crippen LogP contribution >= 0.6 is 0 Å². The van der Waals surface area contributed by atoms with E-state index in [2.05, 4.69) is 21.4 Å². The molecule has 3 aromatic rings. The van der Waals surface area contributed by atoms with E-state index in [0.717, 1.165) is 5.56 Å². The monoisotopic (exact) mass is 429 g/mol. The summed E-state index contributed by atoms with van der Waals surface area (Å²) in [4.78, 5) is 34.9. The highest BCUT2D eigenvalue weighted by Crippen LogP contribution is 2.22.